The molecule has 1 aromatic heterocycles. The molecule has 108 valence electrons. The topological polar surface area (TPSA) is 71.8 Å². The number of nitrogens with zero attached hydrogens (tertiary/aromatic N) is 2. The van der Waals surface area contributed by atoms with Crippen molar-refractivity contribution in [3.63, 3.8) is 0 Å². The van der Waals surface area contributed by atoms with Crippen molar-refractivity contribution in [2.24, 2.45) is 5.73 Å². The molecule has 0 aliphatic rings. The Hall–Kier alpha value is -2.38. The van der Waals surface area contributed by atoms with Crippen LogP contribution in [0.15, 0.2) is 41.2 Å². The maximum Gasteiger partial charge on any atom is 0.268 e. The quantitative estimate of drug-likeness (QED) is 0.935. The Bertz CT molecular complexity index is 721. The van der Waals surface area contributed by atoms with Gasteiger partial charge in [0.15, 0.2) is 0 Å². The first kappa shape index (κ1) is 15.0. The van der Waals surface area contributed by atoms with Gasteiger partial charge in [-0.1, -0.05) is 38.1 Å². The molecule has 0 unspecified atom stereocenters. The fourth-order valence-electron chi connectivity index (χ4n) is 2.31. The second-order valence-corrected chi connectivity index (χ2v) is 5.35. The summed E-state index contributed by atoms with van der Waals surface area (Å²) in [4.78, 5) is 12.4. The zero-order chi connectivity index (χ0) is 15.4. The molecular weight excluding hydrogens is 262 g/mol. The molecule has 0 saturated heterocycles. The summed E-state index contributed by atoms with van der Waals surface area (Å²) in [5.74, 6) is 0.216. The first-order chi connectivity index (χ1) is 10.1. The molecule has 21 heavy (non-hydrogen) atoms. The Labute approximate surface area is 124 Å². The summed E-state index contributed by atoms with van der Waals surface area (Å²) in [5, 5.41) is 9.03. The highest BCUT2D eigenvalue weighted by molar-refractivity contribution is 5.30. The molecule has 0 atom stereocenters. The van der Waals surface area contributed by atoms with E-state index < -0.39 is 0 Å². The Balaban J connectivity index is 2.46. The van der Waals surface area contributed by atoms with Crippen LogP contribution in [0.4, 0.5) is 0 Å². The van der Waals surface area contributed by atoms with Gasteiger partial charge in [-0.15, -0.1) is 0 Å². The standard InChI is InChI=1S/C17H19N3O/c1-12(2)16-8-7-15(10-19)17(21)20(16)11-14-5-3-13(9-18)4-6-14/h3-8,12H,9,11,18H2,1-2H3. The molecular formula is C17H19N3O. The van der Waals surface area contributed by atoms with Crippen molar-refractivity contribution in [2.75, 3.05) is 0 Å². The van der Waals surface area contributed by atoms with Crippen LogP contribution in [0.25, 0.3) is 0 Å². The second kappa shape index (κ2) is 6.38. The Morgan fingerprint density at radius 3 is 2.29 bits per heavy atom. The highest BCUT2D eigenvalue weighted by Crippen LogP contribution is 2.15. The second-order valence-electron chi connectivity index (χ2n) is 5.35. The van der Waals surface area contributed by atoms with Crippen LogP contribution >= 0.6 is 0 Å². The predicted molar refractivity (Wildman–Crippen MR) is 82.9 cm³/mol. The fraction of sp³-hybridized carbons (Fsp3) is 0.294. The van der Waals surface area contributed by atoms with Crippen molar-refractivity contribution in [2.45, 2.75) is 32.9 Å². The molecule has 0 fully saturated rings. The molecule has 0 bridgehead atoms. The first-order valence-corrected chi connectivity index (χ1v) is 6.98. The first-order valence-electron chi connectivity index (χ1n) is 6.98. The third-order valence-electron chi connectivity index (χ3n) is 3.52. The van der Waals surface area contributed by atoms with Gasteiger partial charge >= 0.3 is 0 Å². The van der Waals surface area contributed by atoms with Gasteiger partial charge in [0.2, 0.25) is 0 Å². The van der Waals surface area contributed by atoms with E-state index in [0.717, 1.165) is 16.8 Å². The lowest BCUT2D eigenvalue weighted by atomic mass is 10.1. The summed E-state index contributed by atoms with van der Waals surface area (Å²) in [6.45, 7) is 5.04. The zero-order valence-corrected chi connectivity index (χ0v) is 12.3. The number of nitriles is 1. The summed E-state index contributed by atoms with van der Waals surface area (Å²) in [6, 6.07) is 13.3. The molecule has 4 heteroatoms. The minimum Gasteiger partial charge on any atom is -0.326 e. The van der Waals surface area contributed by atoms with E-state index in [0.29, 0.717) is 13.1 Å². The Morgan fingerprint density at radius 2 is 1.76 bits per heavy atom. The van der Waals surface area contributed by atoms with Gasteiger partial charge in [0, 0.05) is 12.2 Å². The normalized spacial score (nSPS) is 10.6. The minimum atomic E-state index is -0.230. The Kier molecular flexibility index (Phi) is 4.56. The fourth-order valence-corrected chi connectivity index (χ4v) is 2.31. The van der Waals surface area contributed by atoms with E-state index in [9.17, 15) is 4.79 Å². The summed E-state index contributed by atoms with van der Waals surface area (Å²) < 4.78 is 1.68. The van der Waals surface area contributed by atoms with Crippen LogP contribution in [0.5, 0.6) is 0 Å². The van der Waals surface area contributed by atoms with Gasteiger partial charge in [-0.05, 0) is 29.2 Å². The van der Waals surface area contributed by atoms with Crippen LogP contribution in [0, 0.1) is 11.3 Å². The van der Waals surface area contributed by atoms with Crippen LogP contribution in [0.1, 0.15) is 42.1 Å². The lowest BCUT2D eigenvalue weighted by molar-refractivity contribution is 0.657. The van der Waals surface area contributed by atoms with Crippen LogP contribution in [-0.4, -0.2) is 4.57 Å². The summed E-state index contributed by atoms with van der Waals surface area (Å²) in [7, 11) is 0. The van der Waals surface area contributed by atoms with Gasteiger partial charge in [-0.3, -0.25) is 4.79 Å². The molecule has 2 aromatic rings. The summed E-state index contributed by atoms with van der Waals surface area (Å²) >= 11 is 0. The molecule has 2 rings (SSSR count). The van der Waals surface area contributed by atoms with Gasteiger partial charge in [0.05, 0.1) is 6.54 Å². The minimum absolute atomic E-state index is 0.179. The monoisotopic (exact) mass is 281 g/mol. The van der Waals surface area contributed by atoms with Crippen molar-refractivity contribution in [3.8, 4) is 6.07 Å². The van der Waals surface area contributed by atoms with Crippen molar-refractivity contribution in [1.82, 2.24) is 4.57 Å². The molecule has 1 heterocycles. The molecule has 0 aliphatic heterocycles. The highest BCUT2D eigenvalue weighted by Gasteiger charge is 2.11. The number of hydrogen-bond donors (Lipinski definition) is 1. The maximum absolute atomic E-state index is 12.4. The van der Waals surface area contributed by atoms with E-state index in [4.69, 9.17) is 11.0 Å². The third-order valence-corrected chi connectivity index (χ3v) is 3.52. The average molecular weight is 281 g/mol. The molecule has 0 aliphatic carbocycles. The molecule has 0 amide bonds. The molecule has 1 aromatic carbocycles. The van der Waals surface area contributed by atoms with E-state index in [1.807, 2.05) is 50.2 Å². The van der Waals surface area contributed by atoms with Crippen LogP contribution in [-0.2, 0) is 13.1 Å². The lowest BCUT2D eigenvalue weighted by Crippen LogP contribution is -2.26. The van der Waals surface area contributed by atoms with Crippen LogP contribution in [0.3, 0.4) is 0 Å². The SMILES string of the molecule is CC(C)c1ccc(C#N)c(=O)n1Cc1ccc(CN)cc1. The van der Waals surface area contributed by atoms with Gasteiger partial charge in [0.1, 0.15) is 11.6 Å². The zero-order valence-electron chi connectivity index (χ0n) is 12.3. The number of hydrogen-bond acceptors (Lipinski definition) is 3. The molecule has 4 nitrogen and oxygen atoms in total. The van der Waals surface area contributed by atoms with Gasteiger partial charge in [0.25, 0.3) is 5.56 Å². The lowest BCUT2D eigenvalue weighted by Gasteiger charge is -2.16. The average Bonchev–Trinajstić information content (AvgIpc) is 2.49. The van der Waals surface area contributed by atoms with Crippen LogP contribution in [0.2, 0.25) is 0 Å². The Morgan fingerprint density at radius 1 is 1.14 bits per heavy atom. The van der Waals surface area contributed by atoms with Crippen LogP contribution < -0.4 is 11.3 Å². The largest absolute Gasteiger partial charge is 0.326 e. The molecule has 0 spiro atoms. The van der Waals surface area contributed by atoms with E-state index in [2.05, 4.69) is 0 Å². The van der Waals surface area contributed by atoms with E-state index in [1.54, 1.807) is 10.6 Å². The number of benzene rings is 1. The van der Waals surface area contributed by atoms with E-state index in [-0.39, 0.29) is 17.0 Å². The number of aromatic nitrogens is 1. The van der Waals surface area contributed by atoms with Crippen molar-refractivity contribution >= 4 is 0 Å². The van der Waals surface area contributed by atoms with E-state index >= 15 is 0 Å². The van der Waals surface area contributed by atoms with Crippen molar-refractivity contribution in [1.29, 1.82) is 5.26 Å². The molecule has 0 radical (unpaired) electrons. The van der Waals surface area contributed by atoms with Gasteiger partial charge in [-0.25, -0.2) is 0 Å². The summed E-state index contributed by atoms with van der Waals surface area (Å²) in [5.41, 5.74) is 8.54. The number of rotatable bonds is 4. The molecule has 0 saturated carbocycles. The molecule has 2 N–H and O–H groups in total. The smallest absolute Gasteiger partial charge is 0.268 e. The van der Waals surface area contributed by atoms with Gasteiger partial charge in [-0.2, -0.15) is 5.26 Å². The van der Waals surface area contributed by atoms with E-state index in [1.165, 1.54) is 0 Å². The number of nitrogens with two attached hydrogens (primary N) is 1. The maximum atomic E-state index is 12.4. The van der Waals surface area contributed by atoms with Gasteiger partial charge < -0.3 is 10.3 Å². The predicted octanol–water partition coefficient (Wildman–Crippen LogP) is 2.35. The number of pyridine rings is 1. The third kappa shape index (κ3) is 3.21. The van der Waals surface area contributed by atoms with Crippen molar-refractivity contribution in [3.05, 3.63) is 69.1 Å². The van der Waals surface area contributed by atoms with Crippen molar-refractivity contribution < 1.29 is 0 Å². The summed E-state index contributed by atoms with van der Waals surface area (Å²) in [6.07, 6.45) is 0. The highest BCUT2D eigenvalue weighted by atomic mass is 16.1.